The Labute approximate surface area is 292 Å². The minimum Gasteiger partial charge on any atom is -0.493 e. The summed E-state index contributed by atoms with van der Waals surface area (Å²) in [5.41, 5.74) is 23.7. The number of aromatic nitrogens is 3. The number of aromatic amines is 1. The van der Waals surface area contributed by atoms with Crippen LogP contribution in [0, 0.1) is 6.92 Å². The number of nitrogens with two attached hydrogens (primary N) is 3. The average Bonchev–Trinajstić information content (AvgIpc) is 3.46. The number of fused-ring (bicyclic) bond motifs is 1. The topological polar surface area (TPSA) is 162 Å². The van der Waals surface area contributed by atoms with Crippen LogP contribution < -0.4 is 32.9 Å². The lowest BCUT2D eigenvalue weighted by Gasteiger charge is -2.25. The van der Waals surface area contributed by atoms with Crippen LogP contribution in [0.5, 0.6) is 5.75 Å². The molecule has 49 heavy (non-hydrogen) atoms. The minimum absolute atomic E-state index is 0.0352. The van der Waals surface area contributed by atoms with E-state index in [1.54, 1.807) is 4.57 Å². The fourth-order valence-corrected chi connectivity index (χ4v) is 5.51. The molecular formula is C39H60N8O2. The van der Waals surface area contributed by atoms with Crippen molar-refractivity contribution < 1.29 is 4.74 Å². The van der Waals surface area contributed by atoms with Gasteiger partial charge in [-0.3, -0.25) is 9.56 Å². The molecule has 0 radical (unpaired) electrons. The highest BCUT2D eigenvalue weighted by atomic mass is 16.5. The summed E-state index contributed by atoms with van der Waals surface area (Å²) in [6.45, 7) is 21.2. The van der Waals surface area contributed by atoms with Gasteiger partial charge in [0.05, 0.1) is 12.3 Å². The van der Waals surface area contributed by atoms with Crippen molar-refractivity contribution in [2.75, 3.05) is 26.2 Å². The number of benzene rings is 2. The highest BCUT2D eigenvalue weighted by Crippen LogP contribution is 2.33. The molecule has 0 saturated carbocycles. The second kappa shape index (κ2) is 18.0. The summed E-state index contributed by atoms with van der Waals surface area (Å²) in [6.07, 6.45) is 7.07. The van der Waals surface area contributed by atoms with Crippen LogP contribution in [0.3, 0.4) is 0 Å². The molecule has 10 heteroatoms. The van der Waals surface area contributed by atoms with Crippen molar-refractivity contribution in [3.8, 4) is 11.4 Å². The maximum absolute atomic E-state index is 12.5. The highest BCUT2D eigenvalue weighted by molar-refractivity contribution is 5.76. The first-order chi connectivity index (χ1) is 23.1. The highest BCUT2D eigenvalue weighted by Gasteiger charge is 2.20. The Hall–Kier alpha value is -4.15. The van der Waals surface area contributed by atoms with Crippen molar-refractivity contribution in [1.82, 2.24) is 19.9 Å². The van der Waals surface area contributed by atoms with Crippen LogP contribution >= 0.6 is 0 Å². The predicted molar refractivity (Wildman–Crippen MR) is 205 cm³/mol. The summed E-state index contributed by atoms with van der Waals surface area (Å²) in [7, 11) is 0. The van der Waals surface area contributed by atoms with Crippen molar-refractivity contribution in [2.24, 2.45) is 22.2 Å². The van der Waals surface area contributed by atoms with E-state index < -0.39 is 0 Å². The molecule has 0 amide bonds. The van der Waals surface area contributed by atoms with Crippen LogP contribution in [0.15, 0.2) is 58.4 Å². The van der Waals surface area contributed by atoms with Gasteiger partial charge in [-0.1, -0.05) is 66.7 Å². The predicted octanol–water partition coefficient (Wildman–Crippen LogP) is 6.13. The third-order valence-corrected chi connectivity index (χ3v) is 8.27. The van der Waals surface area contributed by atoms with E-state index in [0.717, 1.165) is 86.4 Å². The molecule has 0 atom stereocenters. The van der Waals surface area contributed by atoms with Crippen LogP contribution in [0.4, 0.5) is 0 Å². The normalized spacial score (nSPS) is 11.7. The largest absolute Gasteiger partial charge is 0.493 e. The van der Waals surface area contributed by atoms with Crippen molar-refractivity contribution in [2.45, 2.75) is 105 Å². The molecule has 0 saturated heterocycles. The van der Waals surface area contributed by atoms with Gasteiger partial charge in [0.25, 0.3) is 0 Å². The monoisotopic (exact) mass is 672 g/mol. The third-order valence-electron chi connectivity index (χ3n) is 8.27. The molecule has 2 aromatic heterocycles. The zero-order valence-electron chi connectivity index (χ0n) is 31.1. The molecule has 10 nitrogen and oxygen atoms in total. The van der Waals surface area contributed by atoms with Gasteiger partial charge >= 0.3 is 5.69 Å². The van der Waals surface area contributed by atoms with E-state index in [9.17, 15) is 4.79 Å². The zero-order chi connectivity index (χ0) is 36.2. The van der Waals surface area contributed by atoms with Crippen molar-refractivity contribution in [1.29, 1.82) is 0 Å². The summed E-state index contributed by atoms with van der Waals surface area (Å²) in [4.78, 5) is 23.9. The summed E-state index contributed by atoms with van der Waals surface area (Å²) >= 11 is 0. The first kappa shape index (κ1) is 39.3. The number of H-pyrrole nitrogens is 1. The molecule has 268 valence electrons. The summed E-state index contributed by atoms with van der Waals surface area (Å²) < 4.78 is 7.52. The van der Waals surface area contributed by atoms with E-state index in [-0.39, 0.29) is 22.5 Å². The number of rotatable bonds is 14. The second-order valence-corrected chi connectivity index (χ2v) is 14.7. The lowest BCUT2D eigenvalue weighted by Crippen LogP contribution is -2.23. The van der Waals surface area contributed by atoms with E-state index in [1.807, 2.05) is 30.5 Å². The lowest BCUT2D eigenvalue weighted by atomic mass is 9.82. The average molecular weight is 673 g/mol. The lowest BCUT2D eigenvalue weighted by molar-refractivity contribution is 0.314. The summed E-state index contributed by atoms with van der Waals surface area (Å²) in [6, 6.07) is 14.5. The molecule has 0 unspecified atom stereocenters. The Morgan fingerprint density at radius 3 is 2.31 bits per heavy atom. The number of hydrogen-bond acceptors (Lipinski definition) is 6. The number of aryl methyl sites for hydroxylation is 1. The molecule has 0 aliphatic rings. The maximum Gasteiger partial charge on any atom is 0.354 e. The quantitative estimate of drug-likeness (QED) is 0.0612. The molecule has 0 aliphatic carbocycles. The summed E-state index contributed by atoms with van der Waals surface area (Å²) in [5.74, 6) is 1.18. The number of aliphatic imine (C=N–C) groups is 1. The smallest absolute Gasteiger partial charge is 0.354 e. The van der Waals surface area contributed by atoms with Gasteiger partial charge in [0, 0.05) is 35.8 Å². The van der Waals surface area contributed by atoms with Gasteiger partial charge in [-0.25, -0.2) is 4.79 Å². The summed E-state index contributed by atoms with van der Waals surface area (Å²) in [5, 5.41) is 4.27. The number of unbranched alkanes of at least 4 members (excludes halogenated alkanes) is 1. The van der Waals surface area contributed by atoms with Gasteiger partial charge in [-0.05, 0) is 104 Å². The van der Waals surface area contributed by atoms with Gasteiger partial charge in [0.1, 0.15) is 11.4 Å². The van der Waals surface area contributed by atoms with Gasteiger partial charge in [0.2, 0.25) is 0 Å². The minimum atomic E-state index is -0.301. The van der Waals surface area contributed by atoms with Crippen LogP contribution in [0.2, 0.25) is 0 Å². The molecule has 0 aliphatic heterocycles. The Morgan fingerprint density at radius 2 is 1.69 bits per heavy atom. The van der Waals surface area contributed by atoms with Crippen LogP contribution in [0.25, 0.3) is 16.7 Å². The molecule has 8 N–H and O–H groups in total. The van der Waals surface area contributed by atoms with Crippen LogP contribution in [-0.2, 0) is 23.8 Å². The molecular weight excluding hydrogens is 612 g/mol. The van der Waals surface area contributed by atoms with E-state index in [1.165, 1.54) is 16.7 Å². The number of guanidine groups is 1. The number of nitrogens with one attached hydrogen (secondary N) is 2. The molecule has 2 aromatic carbocycles. The van der Waals surface area contributed by atoms with Crippen molar-refractivity contribution >= 4 is 17.0 Å². The molecule has 0 fully saturated rings. The van der Waals surface area contributed by atoms with E-state index in [0.29, 0.717) is 12.2 Å². The van der Waals surface area contributed by atoms with Gasteiger partial charge in [-0.2, -0.15) is 4.98 Å². The SMILES string of the molecule is CC(C)(C)c1cc2cn(-c3ccc(CNCCCN=C(N)N)cc3)c(=O)nc2[nH]1.CCCOc1cc(CCCCN)cc(C(C)(C)C)c1C. The molecule has 0 bridgehead atoms. The van der Waals surface area contributed by atoms with E-state index in [2.05, 4.69) is 93.9 Å². The molecule has 4 rings (SSSR count). The van der Waals surface area contributed by atoms with Crippen molar-refractivity contribution in [3.05, 3.63) is 87.1 Å². The standard InChI is InChI=1S/C21H29N7O.C18H31NO/c1-21(2,3)17-11-15-13-28(20(29)27-18(15)26-17)16-7-5-14(6-8-16)12-24-9-4-10-25-19(22)23;1-6-11-20-17-13-15(9-7-8-10-19)12-16(14(17)2)18(3,4)5/h5-8,11,13,24H,4,9-10,12H2,1-3H3,(H4,22,23,25)(H,26,27,29);12-13H,6-11,19H2,1-5H3. The Kier molecular flexibility index (Phi) is 14.4. The van der Waals surface area contributed by atoms with Gasteiger partial charge < -0.3 is 32.2 Å². The fraction of sp³-hybridized carbons (Fsp3) is 0.513. The number of nitrogens with zero attached hydrogens (tertiary/aromatic N) is 3. The van der Waals surface area contributed by atoms with Crippen LogP contribution in [0.1, 0.15) is 102 Å². The maximum atomic E-state index is 12.5. The fourth-order valence-electron chi connectivity index (χ4n) is 5.51. The molecule has 2 heterocycles. The van der Waals surface area contributed by atoms with Crippen LogP contribution in [-0.4, -0.2) is 46.7 Å². The Bertz CT molecular complexity index is 1700. The molecule has 4 aromatic rings. The van der Waals surface area contributed by atoms with E-state index in [4.69, 9.17) is 21.9 Å². The van der Waals surface area contributed by atoms with Crippen molar-refractivity contribution in [3.63, 3.8) is 0 Å². The first-order valence-electron chi connectivity index (χ1n) is 17.6. The van der Waals surface area contributed by atoms with E-state index >= 15 is 0 Å². The second-order valence-electron chi connectivity index (χ2n) is 14.7. The zero-order valence-corrected chi connectivity index (χ0v) is 31.1. The van der Waals surface area contributed by atoms with Gasteiger partial charge in [-0.15, -0.1) is 0 Å². The molecule has 0 spiro atoms. The van der Waals surface area contributed by atoms with Gasteiger partial charge in [0.15, 0.2) is 5.96 Å². The third kappa shape index (κ3) is 12.0. The first-order valence-corrected chi connectivity index (χ1v) is 17.6. The number of ether oxygens (including phenoxy) is 1. The number of hydrogen-bond donors (Lipinski definition) is 5. The Morgan fingerprint density at radius 1 is 0.980 bits per heavy atom. The Balaban J connectivity index is 0.000000286.